The number of fused-ring (bicyclic) bond motifs is 2. The summed E-state index contributed by atoms with van der Waals surface area (Å²) < 4.78 is 2.45. The zero-order valence-electron chi connectivity index (χ0n) is 14.3. The number of rotatable bonds is 3. The van der Waals surface area contributed by atoms with Gasteiger partial charge in [-0.1, -0.05) is 30.3 Å². The second-order valence-electron chi connectivity index (χ2n) is 7.31. The molecule has 25 heavy (non-hydrogen) atoms. The lowest BCUT2D eigenvalue weighted by molar-refractivity contribution is 0.307. The summed E-state index contributed by atoms with van der Waals surface area (Å²) in [5.74, 6) is 2.72. The molecule has 0 bridgehead atoms. The monoisotopic (exact) mass is 330 g/mol. The minimum absolute atomic E-state index is 0.728. The molecule has 0 N–H and O–H groups in total. The molecule has 2 aliphatic heterocycles. The Hall–Kier alpha value is -2.46. The first kappa shape index (κ1) is 14.8. The second kappa shape index (κ2) is 6.12. The summed E-state index contributed by atoms with van der Waals surface area (Å²) >= 11 is 0. The minimum Gasteiger partial charge on any atom is -0.328 e. The molecule has 1 saturated heterocycles. The summed E-state index contributed by atoms with van der Waals surface area (Å²) in [6, 6.07) is 14.9. The molecule has 0 amide bonds. The molecule has 3 aromatic rings. The van der Waals surface area contributed by atoms with E-state index >= 15 is 0 Å². The lowest BCUT2D eigenvalue weighted by Crippen LogP contribution is -2.28. The molecule has 0 spiro atoms. The van der Waals surface area contributed by atoms with Crippen molar-refractivity contribution in [1.82, 2.24) is 19.4 Å². The average Bonchev–Trinajstić information content (AvgIpc) is 3.24. The SMILES string of the molecule is c1ccc(-c2cnc3n2C[C@H]2CN(Cc4ccncc4)C[C@@H]2C3)cc1. The van der Waals surface area contributed by atoms with Gasteiger partial charge in [0.1, 0.15) is 5.82 Å². The molecule has 2 aliphatic rings. The standard InChI is InChI=1S/C21H22N4/c1-2-4-17(5-3-1)20-11-23-21-10-18-13-24(14-19(18)15-25(20)21)12-16-6-8-22-9-7-16/h1-9,11,18-19H,10,12-15H2/t18-,19+/m0/s1. The smallest absolute Gasteiger partial charge is 0.109 e. The number of aromatic nitrogens is 3. The summed E-state index contributed by atoms with van der Waals surface area (Å²) in [5, 5.41) is 0. The van der Waals surface area contributed by atoms with Crippen LogP contribution in [0.2, 0.25) is 0 Å². The van der Waals surface area contributed by atoms with Crippen molar-refractivity contribution < 1.29 is 0 Å². The van der Waals surface area contributed by atoms with E-state index in [4.69, 9.17) is 4.98 Å². The van der Waals surface area contributed by atoms with Gasteiger partial charge in [0.05, 0.1) is 11.9 Å². The van der Waals surface area contributed by atoms with Gasteiger partial charge in [-0.25, -0.2) is 4.98 Å². The fourth-order valence-corrected chi connectivity index (χ4v) is 4.44. The van der Waals surface area contributed by atoms with Gasteiger partial charge in [0.2, 0.25) is 0 Å². The van der Waals surface area contributed by atoms with Crippen LogP contribution in [0, 0.1) is 11.8 Å². The van der Waals surface area contributed by atoms with Gasteiger partial charge >= 0.3 is 0 Å². The van der Waals surface area contributed by atoms with E-state index in [2.05, 4.69) is 63.1 Å². The summed E-state index contributed by atoms with van der Waals surface area (Å²) in [6.07, 6.45) is 6.94. The van der Waals surface area contributed by atoms with Crippen LogP contribution < -0.4 is 0 Å². The third-order valence-electron chi connectivity index (χ3n) is 5.68. The maximum Gasteiger partial charge on any atom is 0.109 e. The van der Waals surface area contributed by atoms with Crippen LogP contribution in [0.4, 0.5) is 0 Å². The molecule has 2 aromatic heterocycles. The second-order valence-corrected chi connectivity index (χ2v) is 7.31. The summed E-state index contributed by atoms with van der Waals surface area (Å²) in [5.41, 5.74) is 3.89. The predicted molar refractivity (Wildman–Crippen MR) is 97.9 cm³/mol. The molecular weight excluding hydrogens is 308 g/mol. The number of benzene rings is 1. The van der Waals surface area contributed by atoms with E-state index in [1.807, 2.05) is 12.4 Å². The zero-order chi connectivity index (χ0) is 16.6. The van der Waals surface area contributed by atoms with E-state index in [9.17, 15) is 0 Å². The van der Waals surface area contributed by atoms with Gasteiger partial charge in [0, 0.05) is 45.0 Å². The Kier molecular flexibility index (Phi) is 3.63. The van der Waals surface area contributed by atoms with Crippen LogP contribution >= 0.6 is 0 Å². The summed E-state index contributed by atoms with van der Waals surface area (Å²) in [7, 11) is 0. The first-order valence-electron chi connectivity index (χ1n) is 9.08. The molecule has 4 heteroatoms. The van der Waals surface area contributed by atoms with Gasteiger partial charge < -0.3 is 4.57 Å². The lowest BCUT2D eigenvalue weighted by Gasteiger charge is -2.27. The molecule has 0 aliphatic carbocycles. The van der Waals surface area contributed by atoms with E-state index in [0.29, 0.717) is 0 Å². The van der Waals surface area contributed by atoms with Crippen LogP contribution in [0.25, 0.3) is 11.3 Å². The number of imidazole rings is 1. The van der Waals surface area contributed by atoms with Gasteiger partial charge in [0.25, 0.3) is 0 Å². The number of pyridine rings is 1. The highest BCUT2D eigenvalue weighted by atomic mass is 15.2. The number of hydrogen-bond acceptors (Lipinski definition) is 3. The zero-order valence-corrected chi connectivity index (χ0v) is 14.3. The highest BCUT2D eigenvalue weighted by molar-refractivity contribution is 5.59. The van der Waals surface area contributed by atoms with Crippen molar-refractivity contribution in [3.8, 4) is 11.3 Å². The van der Waals surface area contributed by atoms with Gasteiger partial charge in [-0.15, -0.1) is 0 Å². The molecular formula is C21H22N4. The summed E-state index contributed by atoms with van der Waals surface area (Å²) in [4.78, 5) is 11.5. The van der Waals surface area contributed by atoms with Crippen molar-refractivity contribution in [2.24, 2.45) is 11.8 Å². The van der Waals surface area contributed by atoms with Crippen molar-refractivity contribution in [2.75, 3.05) is 13.1 Å². The van der Waals surface area contributed by atoms with E-state index in [1.165, 1.54) is 35.7 Å². The van der Waals surface area contributed by atoms with E-state index in [1.54, 1.807) is 0 Å². The Labute approximate surface area is 148 Å². The van der Waals surface area contributed by atoms with Crippen molar-refractivity contribution in [1.29, 1.82) is 0 Å². The van der Waals surface area contributed by atoms with Crippen molar-refractivity contribution >= 4 is 0 Å². The van der Waals surface area contributed by atoms with Crippen LogP contribution in [0.3, 0.4) is 0 Å². The first-order valence-corrected chi connectivity index (χ1v) is 9.08. The Bertz CT molecular complexity index is 856. The fraction of sp³-hybridized carbons (Fsp3) is 0.333. The minimum atomic E-state index is 0.728. The average molecular weight is 330 g/mol. The number of likely N-dealkylation sites (tertiary alicyclic amines) is 1. The van der Waals surface area contributed by atoms with E-state index in [0.717, 1.165) is 31.3 Å². The first-order chi connectivity index (χ1) is 12.4. The summed E-state index contributed by atoms with van der Waals surface area (Å²) in [6.45, 7) is 4.49. The van der Waals surface area contributed by atoms with Crippen molar-refractivity contribution in [2.45, 2.75) is 19.5 Å². The topological polar surface area (TPSA) is 34.0 Å². The molecule has 0 saturated carbocycles. The predicted octanol–water partition coefficient (Wildman–Crippen LogP) is 3.25. The van der Waals surface area contributed by atoms with Crippen LogP contribution in [0.15, 0.2) is 61.1 Å². The van der Waals surface area contributed by atoms with Gasteiger partial charge in [-0.05, 0) is 35.1 Å². The highest BCUT2D eigenvalue weighted by Gasteiger charge is 2.37. The molecule has 4 heterocycles. The number of hydrogen-bond donors (Lipinski definition) is 0. The van der Waals surface area contributed by atoms with Gasteiger partial charge in [-0.3, -0.25) is 9.88 Å². The molecule has 2 atom stereocenters. The fourth-order valence-electron chi connectivity index (χ4n) is 4.44. The number of nitrogens with zero attached hydrogens (tertiary/aromatic N) is 4. The van der Waals surface area contributed by atoms with Gasteiger partial charge in [-0.2, -0.15) is 0 Å². The van der Waals surface area contributed by atoms with Crippen LogP contribution in [0.1, 0.15) is 11.4 Å². The molecule has 1 fully saturated rings. The maximum absolute atomic E-state index is 4.74. The molecule has 1 aromatic carbocycles. The third kappa shape index (κ3) is 2.76. The molecule has 126 valence electrons. The Balaban J connectivity index is 1.35. The van der Waals surface area contributed by atoms with E-state index in [-0.39, 0.29) is 0 Å². The normalized spacial score (nSPS) is 22.6. The Morgan fingerprint density at radius 3 is 2.56 bits per heavy atom. The molecule has 0 radical (unpaired) electrons. The molecule has 0 unspecified atom stereocenters. The van der Waals surface area contributed by atoms with Crippen LogP contribution in [-0.4, -0.2) is 32.5 Å². The van der Waals surface area contributed by atoms with Crippen molar-refractivity contribution in [3.63, 3.8) is 0 Å². The lowest BCUT2D eigenvalue weighted by atomic mass is 9.89. The Morgan fingerprint density at radius 2 is 1.72 bits per heavy atom. The highest BCUT2D eigenvalue weighted by Crippen LogP contribution is 2.35. The molecule has 4 nitrogen and oxygen atoms in total. The molecule has 5 rings (SSSR count). The largest absolute Gasteiger partial charge is 0.328 e. The quantitative estimate of drug-likeness (QED) is 0.739. The van der Waals surface area contributed by atoms with Crippen LogP contribution in [0.5, 0.6) is 0 Å². The maximum atomic E-state index is 4.74. The third-order valence-corrected chi connectivity index (χ3v) is 5.68. The van der Waals surface area contributed by atoms with Crippen molar-refractivity contribution in [3.05, 3.63) is 72.4 Å². The Morgan fingerprint density at radius 1 is 0.920 bits per heavy atom. The van der Waals surface area contributed by atoms with Crippen LogP contribution in [-0.2, 0) is 19.5 Å². The van der Waals surface area contributed by atoms with E-state index < -0.39 is 0 Å². The van der Waals surface area contributed by atoms with Gasteiger partial charge in [0.15, 0.2) is 0 Å².